The fraction of sp³-hybridized carbons (Fsp3) is 0.167. The molecule has 0 saturated carbocycles. The molecular weight excluding hydrogens is 436 g/mol. The van der Waals surface area contributed by atoms with Gasteiger partial charge in [0.15, 0.2) is 6.23 Å². The Labute approximate surface area is 204 Å². The predicted octanol–water partition coefficient (Wildman–Crippen LogP) is 6.37. The molecule has 6 rings (SSSR count). The molecule has 2 N–H and O–H groups in total. The molecule has 0 aliphatic carbocycles. The van der Waals surface area contributed by atoms with Crippen LogP contribution in [0.5, 0.6) is 17.2 Å². The Balaban J connectivity index is 1.62. The van der Waals surface area contributed by atoms with Crippen LogP contribution >= 0.6 is 0 Å². The molecule has 0 spiro atoms. The van der Waals surface area contributed by atoms with Crippen LogP contribution in [-0.2, 0) is 0 Å². The topological polar surface area (TPSA) is 65.3 Å². The number of phenolic OH excluding ortho intramolecular Hbond substituents is 2. The average Bonchev–Trinajstić information content (AvgIpc) is 2.89. The first-order valence-electron chi connectivity index (χ1n) is 11.9. The smallest absolute Gasteiger partial charge is 0.185 e. The third-order valence-electron chi connectivity index (χ3n) is 7.00. The van der Waals surface area contributed by atoms with E-state index in [2.05, 4.69) is 30.0 Å². The minimum Gasteiger partial charge on any atom is -0.508 e. The summed E-state index contributed by atoms with van der Waals surface area (Å²) in [5, 5.41) is 21.7. The van der Waals surface area contributed by atoms with Crippen LogP contribution in [0.3, 0.4) is 0 Å². The van der Waals surface area contributed by atoms with Crippen molar-refractivity contribution in [2.24, 2.45) is 10.9 Å². The SMILES string of the molecule is CC1C(c2ccccc2)=NC(c2ccccc2O)N2C(c3ccccc3O)Oc3ccccc3C12. The highest BCUT2D eigenvalue weighted by Gasteiger charge is 2.48. The van der Waals surface area contributed by atoms with Crippen LogP contribution in [0.15, 0.2) is 108 Å². The second-order valence-corrected chi connectivity index (χ2v) is 9.06. The number of phenols is 2. The zero-order chi connectivity index (χ0) is 23.9. The Bertz CT molecular complexity index is 1400. The van der Waals surface area contributed by atoms with E-state index >= 15 is 0 Å². The molecule has 2 heterocycles. The molecule has 0 bridgehead atoms. The van der Waals surface area contributed by atoms with Gasteiger partial charge in [-0.15, -0.1) is 0 Å². The van der Waals surface area contributed by atoms with E-state index in [1.54, 1.807) is 18.2 Å². The van der Waals surface area contributed by atoms with E-state index < -0.39 is 12.4 Å². The van der Waals surface area contributed by atoms with Gasteiger partial charge < -0.3 is 14.9 Å². The number of aromatic hydroxyl groups is 2. The highest BCUT2D eigenvalue weighted by Crippen LogP contribution is 2.54. The van der Waals surface area contributed by atoms with Crippen molar-refractivity contribution in [3.8, 4) is 17.2 Å². The van der Waals surface area contributed by atoms with E-state index in [1.807, 2.05) is 66.7 Å². The van der Waals surface area contributed by atoms with Crippen molar-refractivity contribution in [2.45, 2.75) is 25.4 Å². The first-order chi connectivity index (χ1) is 17.1. The van der Waals surface area contributed by atoms with Crippen LogP contribution in [0, 0.1) is 5.92 Å². The van der Waals surface area contributed by atoms with Gasteiger partial charge in [0.25, 0.3) is 0 Å². The van der Waals surface area contributed by atoms with Crippen LogP contribution in [-0.4, -0.2) is 20.8 Å². The van der Waals surface area contributed by atoms with Gasteiger partial charge in [0.1, 0.15) is 23.4 Å². The van der Waals surface area contributed by atoms with Gasteiger partial charge in [0.2, 0.25) is 0 Å². The Kier molecular flexibility index (Phi) is 5.27. The molecule has 35 heavy (non-hydrogen) atoms. The van der Waals surface area contributed by atoms with Gasteiger partial charge in [0.05, 0.1) is 6.04 Å². The summed E-state index contributed by atoms with van der Waals surface area (Å²) in [7, 11) is 0. The lowest BCUT2D eigenvalue weighted by atomic mass is 9.81. The zero-order valence-corrected chi connectivity index (χ0v) is 19.3. The molecule has 4 unspecified atom stereocenters. The molecule has 0 radical (unpaired) electrons. The number of fused-ring (bicyclic) bond motifs is 3. The van der Waals surface area contributed by atoms with Crippen LogP contribution in [0.2, 0.25) is 0 Å². The molecule has 0 saturated heterocycles. The van der Waals surface area contributed by atoms with E-state index in [0.29, 0.717) is 11.1 Å². The summed E-state index contributed by atoms with van der Waals surface area (Å²) < 4.78 is 6.56. The first kappa shape index (κ1) is 21.4. The van der Waals surface area contributed by atoms with Gasteiger partial charge in [-0.25, -0.2) is 4.90 Å². The number of nitrogens with zero attached hydrogens (tertiary/aromatic N) is 2. The Hall–Kier alpha value is -4.09. The molecule has 5 nitrogen and oxygen atoms in total. The van der Waals surface area contributed by atoms with Gasteiger partial charge in [-0.3, -0.25) is 4.99 Å². The quantitative estimate of drug-likeness (QED) is 0.371. The molecule has 0 amide bonds. The Morgan fingerprint density at radius 1 is 0.686 bits per heavy atom. The molecule has 4 atom stereocenters. The summed E-state index contributed by atoms with van der Waals surface area (Å²) in [6.07, 6.45) is -1.12. The van der Waals surface area contributed by atoms with Crippen LogP contribution in [0.1, 0.15) is 47.6 Å². The van der Waals surface area contributed by atoms with E-state index in [-0.39, 0.29) is 23.5 Å². The maximum Gasteiger partial charge on any atom is 0.185 e. The van der Waals surface area contributed by atoms with Crippen molar-refractivity contribution in [1.82, 2.24) is 4.90 Å². The lowest BCUT2D eigenvalue weighted by Crippen LogP contribution is -2.48. The lowest BCUT2D eigenvalue weighted by molar-refractivity contribution is -0.0753. The number of benzene rings is 4. The molecule has 4 aromatic rings. The van der Waals surface area contributed by atoms with Gasteiger partial charge in [0, 0.05) is 28.3 Å². The van der Waals surface area contributed by atoms with Crippen LogP contribution < -0.4 is 4.74 Å². The van der Waals surface area contributed by atoms with Crippen molar-refractivity contribution in [3.05, 3.63) is 125 Å². The van der Waals surface area contributed by atoms with Crippen LogP contribution in [0.25, 0.3) is 0 Å². The second kappa shape index (κ2) is 8.60. The molecule has 2 aliphatic rings. The largest absolute Gasteiger partial charge is 0.508 e. The number of rotatable bonds is 3. The number of ether oxygens (including phenoxy) is 1. The standard InChI is InChI=1S/C30H26N2O3/c1-19-27(20-11-3-2-4-12-20)31-29(21-13-5-8-16-24(21)33)32-28(19)23-15-7-10-18-26(23)35-30(32)22-14-6-9-17-25(22)34/h2-19,28-30,33-34H,1H3. The van der Waals surface area contributed by atoms with Crippen molar-refractivity contribution < 1.29 is 14.9 Å². The summed E-state index contributed by atoms with van der Waals surface area (Å²) in [6.45, 7) is 2.19. The summed E-state index contributed by atoms with van der Waals surface area (Å²) in [5.74, 6) is 1.16. The van der Waals surface area contributed by atoms with Crippen molar-refractivity contribution in [2.75, 3.05) is 0 Å². The van der Waals surface area contributed by atoms with E-state index in [9.17, 15) is 10.2 Å². The van der Waals surface area contributed by atoms with E-state index in [0.717, 1.165) is 22.6 Å². The first-order valence-corrected chi connectivity index (χ1v) is 11.9. The number of aliphatic imine (C=N–C) groups is 1. The highest BCUT2D eigenvalue weighted by molar-refractivity contribution is 6.03. The molecule has 2 aliphatic heterocycles. The maximum atomic E-state index is 10.9. The number of hydrogen-bond acceptors (Lipinski definition) is 5. The fourth-order valence-corrected chi connectivity index (χ4v) is 5.40. The minimum atomic E-state index is -0.593. The number of hydrogen-bond donors (Lipinski definition) is 2. The zero-order valence-electron chi connectivity index (χ0n) is 19.3. The van der Waals surface area contributed by atoms with Gasteiger partial charge in [-0.05, 0) is 23.8 Å². The van der Waals surface area contributed by atoms with E-state index in [1.165, 1.54) is 0 Å². The molecular formula is C30H26N2O3. The molecule has 0 fully saturated rings. The number of para-hydroxylation sites is 3. The summed E-state index contributed by atoms with van der Waals surface area (Å²) in [5.41, 5.74) is 4.46. The second-order valence-electron chi connectivity index (χ2n) is 9.06. The third-order valence-corrected chi connectivity index (χ3v) is 7.00. The van der Waals surface area contributed by atoms with Crippen LogP contribution in [0.4, 0.5) is 0 Å². The Morgan fingerprint density at radius 3 is 1.94 bits per heavy atom. The summed E-state index contributed by atoms with van der Waals surface area (Å²) in [6, 6.07) is 32.8. The maximum absolute atomic E-state index is 10.9. The van der Waals surface area contributed by atoms with Gasteiger partial charge in [-0.2, -0.15) is 0 Å². The Morgan fingerprint density at radius 2 is 1.26 bits per heavy atom. The van der Waals surface area contributed by atoms with Gasteiger partial charge >= 0.3 is 0 Å². The lowest BCUT2D eigenvalue weighted by Gasteiger charge is -2.50. The van der Waals surface area contributed by atoms with Crippen molar-refractivity contribution in [3.63, 3.8) is 0 Å². The van der Waals surface area contributed by atoms with Crippen molar-refractivity contribution in [1.29, 1.82) is 0 Å². The highest BCUT2D eigenvalue weighted by atomic mass is 16.5. The fourth-order valence-electron chi connectivity index (χ4n) is 5.40. The normalized spacial score (nSPS) is 23.5. The third kappa shape index (κ3) is 3.56. The monoisotopic (exact) mass is 462 g/mol. The predicted molar refractivity (Wildman–Crippen MR) is 135 cm³/mol. The van der Waals surface area contributed by atoms with E-state index in [4.69, 9.17) is 9.73 Å². The average molecular weight is 463 g/mol. The molecule has 0 aromatic heterocycles. The summed E-state index contributed by atoms with van der Waals surface area (Å²) in [4.78, 5) is 7.43. The molecule has 4 aromatic carbocycles. The van der Waals surface area contributed by atoms with Gasteiger partial charge in [-0.1, -0.05) is 91.9 Å². The summed E-state index contributed by atoms with van der Waals surface area (Å²) >= 11 is 0. The molecule has 5 heteroatoms. The minimum absolute atomic E-state index is 0.0258. The van der Waals surface area contributed by atoms with Crippen molar-refractivity contribution >= 4 is 5.71 Å². The molecule has 174 valence electrons.